The molecule has 5 heteroatoms. The number of halogens is 1. The highest BCUT2D eigenvalue weighted by Crippen LogP contribution is 2.31. The molecule has 0 aromatic carbocycles. The van der Waals surface area contributed by atoms with E-state index in [1.165, 1.54) is 0 Å². The minimum Gasteiger partial charge on any atom is -0.493 e. The second-order valence-electron chi connectivity index (χ2n) is 2.73. The molecule has 0 atom stereocenters. The van der Waals surface area contributed by atoms with Crippen LogP contribution in [0.5, 0.6) is 11.5 Å². The molecule has 15 heavy (non-hydrogen) atoms. The van der Waals surface area contributed by atoms with Crippen molar-refractivity contribution in [3.8, 4) is 11.5 Å². The number of hydrogen-bond acceptors (Lipinski definition) is 4. The smallest absolute Gasteiger partial charge is 0.183 e. The molecular formula is C10H14ClNO2S. The maximum atomic E-state index is 5.60. The normalized spacial score (nSPS) is 10.1. The highest BCUT2D eigenvalue weighted by atomic mass is 35.5. The first kappa shape index (κ1) is 12.5. The summed E-state index contributed by atoms with van der Waals surface area (Å²) in [4.78, 5) is 4.26. The Bertz CT molecular complexity index is 309. The first-order valence-corrected chi connectivity index (χ1v) is 6.22. The minimum absolute atomic E-state index is 0.650. The highest BCUT2D eigenvalue weighted by Gasteiger charge is 2.10. The summed E-state index contributed by atoms with van der Waals surface area (Å²) in [5, 5.41) is 0. The third kappa shape index (κ3) is 3.47. The van der Waals surface area contributed by atoms with Gasteiger partial charge in [-0.2, -0.15) is 11.8 Å². The van der Waals surface area contributed by atoms with Crippen molar-refractivity contribution in [3.05, 3.63) is 18.0 Å². The number of hydrogen-bond donors (Lipinski definition) is 0. The zero-order valence-corrected chi connectivity index (χ0v) is 10.4. The Morgan fingerprint density at radius 1 is 1.40 bits per heavy atom. The van der Waals surface area contributed by atoms with Gasteiger partial charge in [0.05, 0.1) is 19.9 Å². The molecule has 0 unspecified atom stereocenters. The van der Waals surface area contributed by atoms with Gasteiger partial charge in [0.1, 0.15) is 0 Å². The van der Waals surface area contributed by atoms with Crippen LogP contribution in [0.15, 0.2) is 12.3 Å². The molecule has 1 rings (SSSR count). The predicted molar refractivity (Wildman–Crippen MR) is 64.2 cm³/mol. The quantitative estimate of drug-likeness (QED) is 0.571. The Morgan fingerprint density at radius 3 is 2.80 bits per heavy atom. The van der Waals surface area contributed by atoms with Crippen molar-refractivity contribution >= 4 is 23.4 Å². The molecule has 0 aliphatic rings. The topological polar surface area (TPSA) is 31.4 Å². The average Bonchev–Trinajstić information content (AvgIpc) is 2.29. The zero-order chi connectivity index (χ0) is 11.1. The van der Waals surface area contributed by atoms with Crippen LogP contribution >= 0.6 is 23.4 Å². The van der Waals surface area contributed by atoms with E-state index < -0.39 is 0 Å². The molecule has 0 N–H and O–H groups in total. The second kappa shape index (κ2) is 6.80. The summed E-state index contributed by atoms with van der Waals surface area (Å²) < 4.78 is 10.4. The maximum Gasteiger partial charge on any atom is 0.183 e. The van der Waals surface area contributed by atoms with Crippen LogP contribution in [0.2, 0.25) is 0 Å². The fourth-order valence-corrected chi connectivity index (χ4v) is 2.16. The average molecular weight is 248 g/mol. The lowest BCUT2D eigenvalue weighted by Crippen LogP contribution is -1.98. The number of thioether (sulfide) groups is 1. The first-order chi connectivity index (χ1) is 7.33. The van der Waals surface area contributed by atoms with Crippen molar-refractivity contribution in [2.45, 2.75) is 5.75 Å². The molecule has 1 aromatic rings. The van der Waals surface area contributed by atoms with E-state index in [9.17, 15) is 0 Å². The van der Waals surface area contributed by atoms with Gasteiger partial charge in [0, 0.05) is 29.6 Å². The Morgan fingerprint density at radius 2 is 2.20 bits per heavy atom. The molecule has 84 valence electrons. The van der Waals surface area contributed by atoms with E-state index in [0.29, 0.717) is 17.4 Å². The Balaban J connectivity index is 2.76. The van der Waals surface area contributed by atoms with Gasteiger partial charge >= 0.3 is 0 Å². The molecule has 0 amide bonds. The fourth-order valence-electron chi connectivity index (χ4n) is 1.18. The van der Waals surface area contributed by atoms with Gasteiger partial charge in [-0.05, 0) is 0 Å². The number of ether oxygens (including phenoxy) is 2. The van der Waals surface area contributed by atoms with E-state index in [1.54, 1.807) is 38.2 Å². The van der Waals surface area contributed by atoms with Crippen LogP contribution < -0.4 is 9.47 Å². The Kier molecular flexibility index (Phi) is 5.65. The second-order valence-corrected chi connectivity index (χ2v) is 4.22. The maximum absolute atomic E-state index is 5.60. The van der Waals surface area contributed by atoms with E-state index >= 15 is 0 Å². The van der Waals surface area contributed by atoms with Gasteiger partial charge < -0.3 is 9.47 Å². The number of aromatic nitrogens is 1. The molecule has 3 nitrogen and oxygen atoms in total. The molecular weight excluding hydrogens is 234 g/mol. The van der Waals surface area contributed by atoms with Crippen molar-refractivity contribution in [2.75, 3.05) is 25.9 Å². The molecule has 0 radical (unpaired) electrons. The molecule has 0 saturated carbocycles. The molecule has 0 saturated heterocycles. The van der Waals surface area contributed by atoms with Gasteiger partial charge in [-0.15, -0.1) is 11.6 Å². The van der Waals surface area contributed by atoms with Gasteiger partial charge in [0.15, 0.2) is 11.5 Å². The van der Waals surface area contributed by atoms with Crippen molar-refractivity contribution in [3.63, 3.8) is 0 Å². The van der Waals surface area contributed by atoms with Crippen LogP contribution in [0.25, 0.3) is 0 Å². The van der Waals surface area contributed by atoms with Crippen LogP contribution in [0.1, 0.15) is 5.69 Å². The summed E-state index contributed by atoms with van der Waals surface area (Å²) in [6.07, 6.45) is 1.72. The lowest BCUT2D eigenvalue weighted by Gasteiger charge is -2.10. The molecule has 0 spiro atoms. The summed E-state index contributed by atoms with van der Waals surface area (Å²) in [5.74, 6) is 3.77. The zero-order valence-electron chi connectivity index (χ0n) is 8.83. The number of pyridine rings is 1. The predicted octanol–water partition coefficient (Wildman–Crippen LogP) is 2.57. The summed E-state index contributed by atoms with van der Waals surface area (Å²) in [6, 6.07) is 1.79. The summed E-state index contributed by atoms with van der Waals surface area (Å²) in [6.45, 7) is 0. The van der Waals surface area contributed by atoms with Crippen LogP contribution in [-0.4, -0.2) is 30.8 Å². The van der Waals surface area contributed by atoms with E-state index in [4.69, 9.17) is 21.1 Å². The van der Waals surface area contributed by atoms with Crippen molar-refractivity contribution in [2.24, 2.45) is 0 Å². The van der Waals surface area contributed by atoms with Gasteiger partial charge in [0.2, 0.25) is 0 Å². The van der Waals surface area contributed by atoms with Gasteiger partial charge in [-0.25, -0.2) is 0 Å². The molecule has 0 fully saturated rings. The van der Waals surface area contributed by atoms with E-state index in [2.05, 4.69) is 4.98 Å². The van der Waals surface area contributed by atoms with E-state index in [1.807, 2.05) is 0 Å². The third-order valence-electron chi connectivity index (χ3n) is 1.83. The van der Waals surface area contributed by atoms with Crippen LogP contribution in [0, 0.1) is 0 Å². The molecule has 0 aliphatic heterocycles. The highest BCUT2D eigenvalue weighted by molar-refractivity contribution is 7.98. The van der Waals surface area contributed by atoms with E-state index in [0.717, 1.165) is 17.2 Å². The Labute approximate surface area is 99.1 Å². The summed E-state index contributed by atoms with van der Waals surface area (Å²) >= 11 is 7.33. The number of nitrogens with zero attached hydrogens (tertiary/aromatic N) is 1. The monoisotopic (exact) mass is 247 g/mol. The molecule has 0 aliphatic carbocycles. The molecule has 0 bridgehead atoms. The Hall–Kier alpha value is -0.610. The van der Waals surface area contributed by atoms with Gasteiger partial charge in [-0.3, -0.25) is 4.98 Å². The minimum atomic E-state index is 0.650. The standard InChI is InChI=1S/C10H14ClNO2S/c1-13-9-3-5-12-8(10(9)14-2)7-15-6-4-11/h3,5H,4,6-7H2,1-2H3. The van der Waals surface area contributed by atoms with Gasteiger partial charge in [0.25, 0.3) is 0 Å². The summed E-state index contributed by atoms with van der Waals surface area (Å²) in [7, 11) is 3.24. The van der Waals surface area contributed by atoms with Gasteiger partial charge in [-0.1, -0.05) is 0 Å². The van der Waals surface area contributed by atoms with Crippen LogP contribution in [0.4, 0.5) is 0 Å². The molecule has 1 heterocycles. The van der Waals surface area contributed by atoms with Crippen molar-refractivity contribution < 1.29 is 9.47 Å². The van der Waals surface area contributed by atoms with Crippen molar-refractivity contribution in [1.29, 1.82) is 0 Å². The third-order valence-corrected chi connectivity index (χ3v) is 3.21. The number of rotatable bonds is 6. The number of methoxy groups -OCH3 is 2. The van der Waals surface area contributed by atoms with Crippen LogP contribution in [-0.2, 0) is 5.75 Å². The van der Waals surface area contributed by atoms with Crippen LogP contribution in [0.3, 0.4) is 0 Å². The lowest BCUT2D eigenvalue weighted by molar-refractivity contribution is 0.350. The lowest BCUT2D eigenvalue weighted by atomic mass is 10.3. The number of alkyl halides is 1. The SMILES string of the molecule is COc1ccnc(CSCCCl)c1OC. The summed E-state index contributed by atoms with van der Waals surface area (Å²) in [5.41, 5.74) is 0.895. The first-order valence-electron chi connectivity index (χ1n) is 4.53. The largest absolute Gasteiger partial charge is 0.493 e. The van der Waals surface area contributed by atoms with E-state index in [-0.39, 0.29) is 0 Å². The fraction of sp³-hybridized carbons (Fsp3) is 0.500. The van der Waals surface area contributed by atoms with Crippen molar-refractivity contribution in [1.82, 2.24) is 4.98 Å². The molecule has 1 aromatic heterocycles.